The van der Waals surface area contributed by atoms with Gasteiger partial charge in [-0.25, -0.2) is 0 Å². The molecule has 3 heterocycles. The maximum absolute atomic E-state index is 11.2. The number of fused-ring (bicyclic) bond motifs is 1. The highest BCUT2D eigenvalue weighted by atomic mass is 32.1. The van der Waals surface area contributed by atoms with Crippen molar-refractivity contribution >= 4 is 23.5 Å². The molecular weight excluding hydrogens is 446 g/mol. The molecular formula is C27H35N3O3S. The van der Waals surface area contributed by atoms with E-state index in [1.54, 1.807) is 13.3 Å². The second-order valence-corrected chi connectivity index (χ2v) is 10.1. The number of hydrogen-bond donors (Lipinski definition) is 3. The molecule has 1 saturated heterocycles. The molecule has 1 aliphatic rings. The Morgan fingerprint density at radius 3 is 2.65 bits per heavy atom. The third-order valence-corrected chi connectivity index (χ3v) is 7.74. The van der Waals surface area contributed by atoms with Gasteiger partial charge in [0.05, 0.1) is 29.7 Å². The fourth-order valence-corrected chi connectivity index (χ4v) is 5.44. The van der Waals surface area contributed by atoms with Crippen LogP contribution in [-0.4, -0.2) is 58.4 Å². The number of aromatic nitrogens is 2. The number of piperidine rings is 1. The van der Waals surface area contributed by atoms with Crippen LogP contribution in [0.1, 0.15) is 53.9 Å². The van der Waals surface area contributed by atoms with E-state index < -0.39 is 6.10 Å². The van der Waals surface area contributed by atoms with Gasteiger partial charge in [0.2, 0.25) is 0 Å². The van der Waals surface area contributed by atoms with Crippen LogP contribution in [0.25, 0.3) is 10.9 Å². The van der Waals surface area contributed by atoms with Crippen LogP contribution >= 0.6 is 12.6 Å². The van der Waals surface area contributed by atoms with Crippen molar-refractivity contribution in [1.29, 1.82) is 0 Å². The Morgan fingerprint density at radius 1 is 1.18 bits per heavy atom. The van der Waals surface area contributed by atoms with Gasteiger partial charge in [-0.05, 0) is 92.6 Å². The number of aliphatic hydroxyl groups excluding tert-OH is 2. The molecule has 1 aromatic carbocycles. The van der Waals surface area contributed by atoms with Crippen LogP contribution in [-0.2, 0) is 0 Å². The molecule has 0 aliphatic carbocycles. The van der Waals surface area contributed by atoms with Crippen LogP contribution in [0.3, 0.4) is 0 Å². The zero-order valence-electron chi connectivity index (χ0n) is 20.0. The number of ether oxygens (including phenoxy) is 1. The third kappa shape index (κ3) is 5.54. The first-order valence-corrected chi connectivity index (χ1v) is 12.5. The van der Waals surface area contributed by atoms with Crippen LogP contribution < -0.4 is 4.74 Å². The number of aryl methyl sites for hydroxylation is 1. The van der Waals surface area contributed by atoms with Crippen molar-refractivity contribution in [2.24, 2.45) is 5.41 Å². The number of pyridine rings is 2. The van der Waals surface area contributed by atoms with Crippen LogP contribution in [0.5, 0.6) is 5.75 Å². The monoisotopic (exact) mass is 481 g/mol. The maximum Gasteiger partial charge on any atom is 0.119 e. The van der Waals surface area contributed by atoms with Crippen molar-refractivity contribution in [2.75, 3.05) is 33.4 Å². The van der Waals surface area contributed by atoms with Gasteiger partial charge in [0.25, 0.3) is 0 Å². The number of benzene rings is 1. The predicted octanol–water partition coefficient (Wildman–Crippen LogP) is 4.51. The van der Waals surface area contributed by atoms with Crippen molar-refractivity contribution < 1.29 is 14.9 Å². The summed E-state index contributed by atoms with van der Waals surface area (Å²) in [5.74, 6) is 0.751. The Kier molecular flexibility index (Phi) is 8.09. The zero-order valence-corrected chi connectivity index (χ0v) is 20.9. The number of aliphatic hydroxyl groups is 2. The van der Waals surface area contributed by atoms with E-state index >= 15 is 0 Å². The molecule has 34 heavy (non-hydrogen) atoms. The van der Waals surface area contributed by atoms with E-state index in [0.717, 1.165) is 72.4 Å². The Bertz CT molecular complexity index is 1090. The standard InChI is InChI=1S/C27H35N3O3S/c1-19-16-29-22-7-6-20(33-2)15-21(22)26(19)24(32)8-9-27(18-31)10-13-30(14-11-27)17-25(34)23-5-3-4-12-28-23/h3-7,12,15-16,24-25,31-32,34H,8-11,13-14,17-18H2,1-2H3/t24-,25?/m0/s1. The minimum absolute atomic E-state index is 0.0737. The lowest BCUT2D eigenvalue weighted by Gasteiger charge is -2.42. The van der Waals surface area contributed by atoms with E-state index in [9.17, 15) is 10.2 Å². The molecule has 3 aromatic rings. The normalized spacial score (nSPS) is 18.0. The molecule has 6 nitrogen and oxygen atoms in total. The van der Waals surface area contributed by atoms with E-state index in [-0.39, 0.29) is 17.3 Å². The van der Waals surface area contributed by atoms with Gasteiger partial charge >= 0.3 is 0 Å². The average molecular weight is 482 g/mol. The molecule has 2 aromatic heterocycles. The third-order valence-electron chi connectivity index (χ3n) is 7.31. The fraction of sp³-hybridized carbons (Fsp3) is 0.481. The quantitative estimate of drug-likeness (QED) is 0.391. The van der Waals surface area contributed by atoms with Gasteiger partial charge in [-0.3, -0.25) is 9.97 Å². The number of likely N-dealkylation sites (tertiary alicyclic amines) is 1. The van der Waals surface area contributed by atoms with Gasteiger partial charge in [0.15, 0.2) is 0 Å². The molecule has 182 valence electrons. The van der Waals surface area contributed by atoms with E-state index in [4.69, 9.17) is 17.4 Å². The number of nitrogens with zero attached hydrogens (tertiary/aromatic N) is 3. The van der Waals surface area contributed by atoms with Gasteiger partial charge in [-0.1, -0.05) is 6.07 Å². The summed E-state index contributed by atoms with van der Waals surface area (Å²) in [6.45, 7) is 4.79. The number of thiol groups is 1. The first-order valence-electron chi connectivity index (χ1n) is 12.0. The molecule has 4 rings (SSSR count). The first-order chi connectivity index (χ1) is 16.4. The number of methoxy groups -OCH3 is 1. The van der Waals surface area contributed by atoms with Crippen molar-refractivity contribution in [3.05, 3.63) is 65.6 Å². The molecule has 7 heteroatoms. The second-order valence-electron chi connectivity index (χ2n) is 9.52. The van der Waals surface area contributed by atoms with Crippen molar-refractivity contribution in [3.63, 3.8) is 0 Å². The maximum atomic E-state index is 11.2. The van der Waals surface area contributed by atoms with Crippen molar-refractivity contribution in [3.8, 4) is 5.75 Å². The lowest BCUT2D eigenvalue weighted by molar-refractivity contribution is 0.0237. The van der Waals surface area contributed by atoms with E-state index in [1.807, 2.05) is 49.5 Å². The summed E-state index contributed by atoms with van der Waals surface area (Å²) in [6.07, 6.45) is 6.19. The van der Waals surface area contributed by atoms with Gasteiger partial charge < -0.3 is 19.8 Å². The van der Waals surface area contributed by atoms with Crippen molar-refractivity contribution in [2.45, 2.75) is 44.0 Å². The molecule has 0 amide bonds. The molecule has 2 atom stereocenters. The molecule has 1 aliphatic heterocycles. The summed E-state index contributed by atoms with van der Waals surface area (Å²) in [7, 11) is 1.64. The summed E-state index contributed by atoms with van der Waals surface area (Å²) in [4.78, 5) is 11.3. The Balaban J connectivity index is 1.40. The summed E-state index contributed by atoms with van der Waals surface area (Å²) in [6, 6.07) is 11.7. The Hall–Kier alpha value is -2.19. The minimum atomic E-state index is -0.620. The molecule has 0 radical (unpaired) electrons. The highest BCUT2D eigenvalue weighted by molar-refractivity contribution is 7.80. The van der Waals surface area contributed by atoms with Crippen LogP contribution in [0.2, 0.25) is 0 Å². The molecule has 0 bridgehead atoms. The summed E-state index contributed by atoms with van der Waals surface area (Å²) < 4.78 is 5.39. The molecule has 0 spiro atoms. The molecule has 1 unspecified atom stereocenters. The summed E-state index contributed by atoms with van der Waals surface area (Å²) >= 11 is 4.76. The molecule has 2 N–H and O–H groups in total. The Labute approximate surface area is 207 Å². The minimum Gasteiger partial charge on any atom is -0.497 e. The largest absolute Gasteiger partial charge is 0.497 e. The van der Waals surface area contributed by atoms with Gasteiger partial charge in [-0.2, -0.15) is 12.6 Å². The lowest BCUT2D eigenvalue weighted by atomic mass is 9.74. The first kappa shape index (κ1) is 24.9. The zero-order chi connectivity index (χ0) is 24.1. The van der Waals surface area contributed by atoms with Gasteiger partial charge in [0, 0.05) is 30.9 Å². The second kappa shape index (κ2) is 11.0. The van der Waals surface area contributed by atoms with E-state index in [2.05, 4.69) is 14.9 Å². The van der Waals surface area contributed by atoms with E-state index in [1.165, 1.54) is 0 Å². The molecule has 1 fully saturated rings. The van der Waals surface area contributed by atoms with Crippen LogP contribution in [0.4, 0.5) is 0 Å². The number of hydrogen-bond acceptors (Lipinski definition) is 7. The SMILES string of the molecule is COc1ccc2ncc(C)c([C@@H](O)CCC3(CO)CCN(CC(S)c4ccccn4)CC3)c2c1. The lowest BCUT2D eigenvalue weighted by Crippen LogP contribution is -2.43. The van der Waals surface area contributed by atoms with Crippen molar-refractivity contribution in [1.82, 2.24) is 14.9 Å². The van der Waals surface area contributed by atoms with Crippen LogP contribution in [0, 0.1) is 12.3 Å². The highest BCUT2D eigenvalue weighted by Gasteiger charge is 2.35. The van der Waals surface area contributed by atoms with E-state index in [0.29, 0.717) is 6.42 Å². The van der Waals surface area contributed by atoms with Crippen LogP contribution in [0.15, 0.2) is 48.8 Å². The Morgan fingerprint density at radius 2 is 1.97 bits per heavy atom. The number of rotatable bonds is 9. The highest BCUT2D eigenvalue weighted by Crippen LogP contribution is 2.40. The van der Waals surface area contributed by atoms with Gasteiger partial charge in [0.1, 0.15) is 5.75 Å². The predicted molar refractivity (Wildman–Crippen MR) is 138 cm³/mol. The summed E-state index contributed by atoms with van der Waals surface area (Å²) in [5, 5.41) is 22.5. The fourth-order valence-electron chi connectivity index (χ4n) is 5.06. The smallest absolute Gasteiger partial charge is 0.119 e. The molecule has 0 saturated carbocycles. The topological polar surface area (TPSA) is 78.7 Å². The summed E-state index contributed by atoms with van der Waals surface area (Å²) in [5.41, 5.74) is 3.55. The average Bonchev–Trinajstić information content (AvgIpc) is 2.88. The van der Waals surface area contributed by atoms with Gasteiger partial charge in [-0.15, -0.1) is 0 Å².